The van der Waals surface area contributed by atoms with Gasteiger partial charge in [0.15, 0.2) is 5.15 Å². The molecule has 0 amide bonds. The van der Waals surface area contributed by atoms with E-state index in [1.54, 1.807) is 23.7 Å². The Bertz CT molecular complexity index is 583. The van der Waals surface area contributed by atoms with Crippen LogP contribution in [0.1, 0.15) is 26.7 Å². The Hall–Kier alpha value is -1.04. The van der Waals surface area contributed by atoms with Crippen molar-refractivity contribution in [3.05, 3.63) is 29.7 Å². The topological polar surface area (TPSA) is 29.0 Å². The molecule has 2 rings (SSSR count). The molecule has 2 aromatic rings. The third kappa shape index (κ3) is 3.34. The summed E-state index contributed by atoms with van der Waals surface area (Å²) in [7, 11) is 0. The molecule has 2 aromatic heterocycles. The average molecular weight is 326 g/mol. The van der Waals surface area contributed by atoms with E-state index in [4.69, 9.17) is 23.8 Å². The van der Waals surface area contributed by atoms with E-state index in [-0.39, 0.29) is 0 Å². The Morgan fingerprint density at radius 2 is 2.25 bits per heavy atom. The van der Waals surface area contributed by atoms with Gasteiger partial charge in [0.2, 0.25) is 0 Å². The normalized spacial score (nSPS) is 10.6. The van der Waals surface area contributed by atoms with Crippen LogP contribution >= 0.6 is 35.2 Å². The molecular weight excluding hydrogens is 310 g/mol. The van der Waals surface area contributed by atoms with Gasteiger partial charge >= 0.3 is 0 Å². The fourth-order valence-corrected chi connectivity index (χ4v) is 3.73. The van der Waals surface area contributed by atoms with Gasteiger partial charge in [-0.05, 0) is 31.9 Å². The Labute approximate surface area is 133 Å². The molecule has 0 aliphatic carbocycles. The van der Waals surface area contributed by atoms with E-state index in [2.05, 4.69) is 28.7 Å². The number of nitrogens with zero attached hydrogens (tertiary/aromatic N) is 3. The predicted molar refractivity (Wildman–Crippen MR) is 90.9 cm³/mol. The lowest BCUT2D eigenvalue weighted by Crippen LogP contribution is -2.28. The van der Waals surface area contributed by atoms with Crippen LogP contribution in [0.25, 0.3) is 10.6 Å². The number of aromatic nitrogens is 2. The predicted octanol–water partition coefficient (Wildman–Crippen LogP) is 4.81. The number of hydrogen-bond donors (Lipinski definition) is 0. The van der Waals surface area contributed by atoms with E-state index in [0.717, 1.165) is 39.9 Å². The Kier molecular flexibility index (Phi) is 5.46. The standard InChI is InChI=1S/C14H16ClN3S2/c1-3-6-11(19)18(4-2)14-12(15)17-13(20-14)10-7-5-8-16-9-10/h5,7-9H,3-4,6H2,1-2H3. The van der Waals surface area contributed by atoms with Crippen LogP contribution in [0, 0.1) is 0 Å². The summed E-state index contributed by atoms with van der Waals surface area (Å²) in [6.45, 7) is 4.99. The minimum atomic E-state index is 0.508. The van der Waals surface area contributed by atoms with Gasteiger partial charge in [-0.3, -0.25) is 4.98 Å². The number of pyridine rings is 1. The van der Waals surface area contributed by atoms with E-state index >= 15 is 0 Å². The number of rotatable bonds is 5. The van der Waals surface area contributed by atoms with Crippen LogP contribution in [0.15, 0.2) is 24.5 Å². The minimum Gasteiger partial charge on any atom is -0.325 e. The molecule has 0 atom stereocenters. The monoisotopic (exact) mass is 325 g/mol. The zero-order valence-electron chi connectivity index (χ0n) is 11.5. The Morgan fingerprint density at radius 1 is 1.45 bits per heavy atom. The van der Waals surface area contributed by atoms with Crippen LogP contribution in [0.4, 0.5) is 5.00 Å². The minimum absolute atomic E-state index is 0.508. The van der Waals surface area contributed by atoms with Gasteiger partial charge in [-0.25, -0.2) is 4.98 Å². The van der Waals surface area contributed by atoms with Crippen molar-refractivity contribution in [2.75, 3.05) is 11.4 Å². The number of thiocarbonyl (C=S) groups is 1. The first-order valence-electron chi connectivity index (χ1n) is 6.54. The van der Waals surface area contributed by atoms with Gasteiger partial charge in [0.1, 0.15) is 10.0 Å². The van der Waals surface area contributed by atoms with Crippen molar-refractivity contribution in [1.29, 1.82) is 0 Å². The van der Waals surface area contributed by atoms with Crippen LogP contribution < -0.4 is 4.90 Å². The molecule has 0 aromatic carbocycles. The maximum atomic E-state index is 6.29. The van der Waals surface area contributed by atoms with E-state index in [1.165, 1.54) is 0 Å². The summed E-state index contributed by atoms with van der Waals surface area (Å²) in [6, 6.07) is 3.87. The van der Waals surface area contributed by atoms with Crippen molar-refractivity contribution in [3.8, 4) is 10.6 Å². The number of halogens is 1. The quantitative estimate of drug-likeness (QED) is 0.737. The molecule has 6 heteroatoms. The number of anilines is 1. The van der Waals surface area contributed by atoms with Crippen LogP contribution in [0.5, 0.6) is 0 Å². The highest BCUT2D eigenvalue weighted by atomic mass is 35.5. The third-order valence-electron chi connectivity index (χ3n) is 2.80. The van der Waals surface area contributed by atoms with Crippen molar-refractivity contribution in [3.63, 3.8) is 0 Å². The SMILES string of the molecule is CCCC(=S)N(CC)c1sc(-c2cccnc2)nc1Cl. The summed E-state index contributed by atoms with van der Waals surface area (Å²) in [5.41, 5.74) is 0.975. The molecular formula is C14H16ClN3S2. The third-order valence-corrected chi connectivity index (χ3v) is 4.73. The summed E-state index contributed by atoms with van der Waals surface area (Å²) in [4.78, 5) is 11.5. The molecule has 0 saturated carbocycles. The van der Waals surface area contributed by atoms with Gasteiger partial charge in [-0.15, -0.1) is 0 Å². The highest BCUT2D eigenvalue weighted by Gasteiger charge is 2.18. The number of hydrogen-bond acceptors (Lipinski definition) is 4. The van der Waals surface area contributed by atoms with Crippen LogP contribution in [-0.2, 0) is 0 Å². The molecule has 106 valence electrons. The average Bonchev–Trinajstić information content (AvgIpc) is 2.83. The summed E-state index contributed by atoms with van der Waals surface area (Å²) < 4.78 is 0. The summed E-state index contributed by atoms with van der Waals surface area (Å²) in [5.74, 6) is 0. The molecule has 20 heavy (non-hydrogen) atoms. The van der Waals surface area contributed by atoms with Crippen molar-refractivity contribution < 1.29 is 0 Å². The van der Waals surface area contributed by atoms with Crippen LogP contribution in [0.2, 0.25) is 5.15 Å². The maximum Gasteiger partial charge on any atom is 0.164 e. The van der Waals surface area contributed by atoms with Crippen molar-refractivity contribution >= 4 is 45.1 Å². The molecule has 3 nitrogen and oxygen atoms in total. The molecule has 0 unspecified atom stereocenters. The van der Waals surface area contributed by atoms with Gasteiger partial charge in [0, 0.05) is 24.5 Å². The largest absolute Gasteiger partial charge is 0.325 e. The second kappa shape index (κ2) is 7.11. The van der Waals surface area contributed by atoms with E-state index in [1.807, 2.05) is 12.1 Å². The molecule has 0 N–H and O–H groups in total. The zero-order chi connectivity index (χ0) is 14.5. The lowest BCUT2D eigenvalue weighted by molar-refractivity contribution is 0.959. The van der Waals surface area contributed by atoms with Gasteiger partial charge in [-0.1, -0.05) is 42.1 Å². The van der Waals surface area contributed by atoms with Gasteiger partial charge in [0.05, 0.1) is 4.99 Å². The smallest absolute Gasteiger partial charge is 0.164 e. The molecule has 0 spiro atoms. The molecule has 0 radical (unpaired) electrons. The van der Waals surface area contributed by atoms with Crippen molar-refractivity contribution in [2.45, 2.75) is 26.7 Å². The summed E-state index contributed by atoms with van der Waals surface area (Å²) in [5, 5.41) is 2.30. The van der Waals surface area contributed by atoms with Crippen LogP contribution in [-0.4, -0.2) is 21.5 Å². The van der Waals surface area contributed by atoms with Gasteiger partial charge < -0.3 is 4.90 Å². The van der Waals surface area contributed by atoms with E-state index in [0.29, 0.717) is 5.15 Å². The van der Waals surface area contributed by atoms with Gasteiger partial charge in [0.25, 0.3) is 0 Å². The first kappa shape index (κ1) is 15.4. The molecule has 0 saturated heterocycles. The van der Waals surface area contributed by atoms with Crippen molar-refractivity contribution in [2.24, 2.45) is 0 Å². The number of thiazole rings is 1. The molecule has 0 aliphatic heterocycles. The summed E-state index contributed by atoms with van der Waals surface area (Å²) in [6.07, 6.45) is 5.45. The maximum absolute atomic E-state index is 6.29. The molecule has 2 heterocycles. The first-order chi connectivity index (χ1) is 9.67. The van der Waals surface area contributed by atoms with Gasteiger partial charge in [-0.2, -0.15) is 0 Å². The second-order valence-electron chi connectivity index (χ2n) is 4.24. The summed E-state index contributed by atoms with van der Waals surface area (Å²) >= 11 is 13.3. The van der Waals surface area contributed by atoms with Crippen molar-refractivity contribution in [1.82, 2.24) is 9.97 Å². The lowest BCUT2D eigenvalue weighted by atomic mass is 10.3. The zero-order valence-corrected chi connectivity index (χ0v) is 13.9. The van der Waals surface area contributed by atoms with E-state index in [9.17, 15) is 0 Å². The molecule has 0 fully saturated rings. The second-order valence-corrected chi connectivity index (χ2v) is 6.05. The molecule has 0 bridgehead atoms. The molecule has 0 aliphatic rings. The highest BCUT2D eigenvalue weighted by Crippen LogP contribution is 2.37. The first-order valence-corrected chi connectivity index (χ1v) is 8.14. The Balaban J connectivity index is 2.33. The highest BCUT2D eigenvalue weighted by molar-refractivity contribution is 7.80. The van der Waals surface area contributed by atoms with E-state index < -0.39 is 0 Å². The fourth-order valence-electron chi connectivity index (χ4n) is 1.85. The fraction of sp³-hybridized carbons (Fsp3) is 0.357. The Morgan fingerprint density at radius 3 is 2.85 bits per heavy atom. The lowest BCUT2D eigenvalue weighted by Gasteiger charge is -2.21. The van der Waals surface area contributed by atoms with Crippen LogP contribution in [0.3, 0.4) is 0 Å².